The molecule has 2 aromatic rings. The molecule has 0 aliphatic carbocycles. The van der Waals surface area contributed by atoms with Gasteiger partial charge < -0.3 is 19.1 Å². The van der Waals surface area contributed by atoms with Gasteiger partial charge in [0.25, 0.3) is 11.1 Å². The molecule has 0 atom stereocenters. The molecule has 0 aromatic heterocycles. The molecule has 8 nitrogen and oxygen atoms in total. The molecule has 3 amide bonds. The molecule has 0 unspecified atom stereocenters. The number of morpholine rings is 1. The second kappa shape index (κ2) is 13.4. The molecule has 206 valence electrons. The van der Waals surface area contributed by atoms with Crippen LogP contribution in [0.4, 0.5) is 4.79 Å². The number of ether oxygens (including phenoxy) is 3. The molecular formula is C28H28Cl2N2O6S. The number of carbonyl (C=O) groups is 3. The number of imide groups is 1. The molecule has 0 bridgehead atoms. The summed E-state index contributed by atoms with van der Waals surface area (Å²) in [4.78, 5) is 41.1. The van der Waals surface area contributed by atoms with Gasteiger partial charge in [-0.15, -0.1) is 6.58 Å². The minimum atomic E-state index is -0.505. The number of hydrogen-bond donors (Lipinski definition) is 0. The summed E-state index contributed by atoms with van der Waals surface area (Å²) in [7, 11) is 0. The van der Waals surface area contributed by atoms with Crippen LogP contribution in [0.15, 0.2) is 47.9 Å². The number of hydrogen-bond acceptors (Lipinski definition) is 7. The fourth-order valence-corrected chi connectivity index (χ4v) is 5.28. The largest absolute Gasteiger partial charge is 0.490 e. The van der Waals surface area contributed by atoms with E-state index in [1.807, 2.05) is 19.1 Å². The van der Waals surface area contributed by atoms with Crippen LogP contribution in [-0.4, -0.2) is 66.3 Å². The van der Waals surface area contributed by atoms with Crippen LogP contribution in [0.25, 0.3) is 6.08 Å². The predicted octanol–water partition coefficient (Wildman–Crippen LogP) is 5.59. The Morgan fingerprint density at radius 1 is 1.13 bits per heavy atom. The lowest BCUT2D eigenvalue weighted by atomic mass is 10.0. The average Bonchev–Trinajstić information content (AvgIpc) is 3.18. The molecule has 2 fully saturated rings. The van der Waals surface area contributed by atoms with Gasteiger partial charge in [-0.25, -0.2) is 0 Å². The van der Waals surface area contributed by atoms with E-state index in [0.717, 1.165) is 27.8 Å². The Balaban J connectivity index is 1.56. The molecule has 0 saturated carbocycles. The van der Waals surface area contributed by atoms with Crippen molar-refractivity contribution >= 4 is 58.1 Å². The quantitative estimate of drug-likeness (QED) is 0.263. The lowest BCUT2D eigenvalue weighted by molar-refractivity contribution is -0.139. The van der Waals surface area contributed by atoms with Crippen molar-refractivity contribution in [2.24, 2.45) is 0 Å². The van der Waals surface area contributed by atoms with Gasteiger partial charge in [-0.3, -0.25) is 19.3 Å². The van der Waals surface area contributed by atoms with E-state index in [2.05, 4.69) is 6.58 Å². The summed E-state index contributed by atoms with van der Waals surface area (Å²) in [6.45, 7) is 7.80. The van der Waals surface area contributed by atoms with Crippen molar-refractivity contribution in [3.8, 4) is 11.5 Å². The van der Waals surface area contributed by atoms with E-state index >= 15 is 0 Å². The monoisotopic (exact) mass is 590 g/mol. The van der Waals surface area contributed by atoms with Crippen molar-refractivity contribution in [2.75, 3.05) is 39.5 Å². The maximum atomic E-state index is 13.1. The first-order valence-electron chi connectivity index (χ1n) is 12.4. The maximum Gasteiger partial charge on any atom is 0.294 e. The number of carbonyl (C=O) groups excluding carboxylic acids is 3. The second-order valence-electron chi connectivity index (χ2n) is 8.73. The summed E-state index contributed by atoms with van der Waals surface area (Å²) in [6.07, 6.45) is 3.85. The SMILES string of the molecule is C=CCc1cc(/C=C2/SC(=O)N(CC(=O)N3CCOCC3)C2=O)cc(OCC)c1OCc1ccc(Cl)c(Cl)c1. The van der Waals surface area contributed by atoms with Gasteiger partial charge in [0.1, 0.15) is 13.2 Å². The third kappa shape index (κ3) is 7.16. The van der Waals surface area contributed by atoms with Crippen LogP contribution in [0.1, 0.15) is 23.6 Å². The summed E-state index contributed by atoms with van der Waals surface area (Å²) in [5.74, 6) is 0.251. The fraction of sp³-hybridized carbons (Fsp3) is 0.321. The Labute approximate surface area is 241 Å². The highest BCUT2D eigenvalue weighted by molar-refractivity contribution is 8.18. The van der Waals surface area contributed by atoms with Crippen LogP contribution in [0, 0.1) is 0 Å². The predicted molar refractivity (Wildman–Crippen MR) is 152 cm³/mol. The number of benzene rings is 2. The Hall–Kier alpha value is -2.98. The van der Waals surface area contributed by atoms with E-state index in [4.69, 9.17) is 37.4 Å². The standard InChI is InChI=1S/C28H28Cl2N2O6S/c1-3-5-20-12-19(14-23(37-4-2)26(20)38-17-18-6-7-21(29)22(30)13-18)15-24-27(34)32(28(35)39-24)16-25(33)31-8-10-36-11-9-31/h3,6-7,12-15H,1,4-5,8-11,16-17H2,2H3/b24-15+. The number of rotatable bonds is 10. The number of thioether (sulfide) groups is 1. The van der Waals surface area contributed by atoms with Crippen LogP contribution in [-0.2, 0) is 27.4 Å². The van der Waals surface area contributed by atoms with Crippen LogP contribution in [0.5, 0.6) is 11.5 Å². The van der Waals surface area contributed by atoms with E-state index in [0.29, 0.717) is 66.4 Å². The van der Waals surface area contributed by atoms with Crippen molar-refractivity contribution in [3.05, 3.63) is 74.6 Å². The molecule has 4 rings (SSSR count). The van der Waals surface area contributed by atoms with Crippen LogP contribution in [0.3, 0.4) is 0 Å². The summed E-state index contributed by atoms with van der Waals surface area (Å²) >= 11 is 13.0. The number of amides is 3. The Morgan fingerprint density at radius 3 is 2.59 bits per heavy atom. The Morgan fingerprint density at radius 2 is 1.90 bits per heavy atom. The van der Waals surface area contributed by atoms with Crippen LogP contribution < -0.4 is 9.47 Å². The summed E-state index contributed by atoms with van der Waals surface area (Å²) in [5, 5.41) is 0.415. The van der Waals surface area contributed by atoms with Crippen LogP contribution >= 0.6 is 35.0 Å². The molecule has 2 aromatic carbocycles. The van der Waals surface area contributed by atoms with Gasteiger partial charge in [0, 0.05) is 18.7 Å². The summed E-state index contributed by atoms with van der Waals surface area (Å²) < 4.78 is 17.3. The third-order valence-electron chi connectivity index (χ3n) is 6.01. The van der Waals surface area contributed by atoms with E-state index in [1.54, 1.807) is 35.3 Å². The maximum absolute atomic E-state index is 13.1. The molecule has 0 radical (unpaired) electrons. The zero-order valence-corrected chi connectivity index (χ0v) is 23.7. The topological polar surface area (TPSA) is 85.4 Å². The lowest BCUT2D eigenvalue weighted by Gasteiger charge is -2.28. The average molecular weight is 592 g/mol. The minimum absolute atomic E-state index is 0.228. The highest BCUT2D eigenvalue weighted by atomic mass is 35.5. The van der Waals surface area contributed by atoms with E-state index in [1.165, 1.54) is 0 Å². The van der Waals surface area contributed by atoms with Gasteiger partial charge in [-0.1, -0.05) is 35.3 Å². The van der Waals surface area contributed by atoms with Gasteiger partial charge >= 0.3 is 0 Å². The van der Waals surface area contributed by atoms with Gasteiger partial charge in [-0.2, -0.15) is 0 Å². The molecule has 2 heterocycles. The number of halogens is 2. The molecule has 0 spiro atoms. The Bertz CT molecular complexity index is 1310. The zero-order chi connectivity index (χ0) is 27.9. The molecule has 11 heteroatoms. The van der Waals surface area contributed by atoms with Crippen molar-refractivity contribution < 1.29 is 28.6 Å². The van der Waals surface area contributed by atoms with Crippen molar-refractivity contribution in [3.63, 3.8) is 0 Å². The van der Waals surface area contributed by atoms with Crippen LogP contribution in [0.2, 0.25) is 10.0 Å². The molecule has 0 N–H and O–H groups in total. The first-order chi connectivity index (χ1) is 18.8. The fourth-order valence-electron chi connectivity index (χ4n) is 4.12. The first kappa shape index (κ1) is 29.0. The normalized spacial score (nSPS) is 16.6. The van der Waals surface area contributed by atoms with Crippen molar-refractivity contribution in [2.45, 2.75) is 20.0 Å². The number of nitrogens with zero attached hydrogens (tertiary/aromatic N) is 2. The van der Waals surface area contributed by atoms with E-state index < -0.39 is 11.1 Å². The summed E-state index contributed by atoms with van der Waals surface area (Å²) in [5.41, 5.74) is 2.28. The van der Waals surface area contributed by atoms with Gasteiger partial charge in [0.15, 0.2) is 11.5 Å². The minimum Gasteiger partial charge on any atom is -0.490 e. The zero-order valence-electron chi connectivity index (χ0n) is 21.4. The molecular weight excluding hydrogens is 563 g/mol. The van der Waals surface area contributed by atoms with Gasteiger partial charge in [-0.05, 0) is 66.6 Å². The van der Waals surface area contributed by atoms with E-state index in [9.17, 15) is 14.4 Å². The molecule has 2 aliphatic heterocycles. The second-order valence-corrected chi connectivity index (χ2v) is 10.5. The van der Waals surface area contributed by atoms with Crippen molar-refractivity contribution in [1.82, 2.24) is 9.80 Å². The third-order valence-corrected chi connectivity index (χ3v) is 7.66. The smallest absolute Gasteiger partial charge is 0.294 e. The summed E-state index contributed by atoms with van der Waals surface area (Å²) in [6, 6.07) is 8.90. The first-order valence-corrected chi connectivity index (χ1v) is 14.0. The van der Waals surface area contributed by atoms with E-state index in [-0.39, 0.29) is 24.0 Å². The Kier molecular flexibility index (Phi) is 9.96. The molecule has 2 saturated heterocycles. The lowest BCUT2D eigenvalue weighted by Crippen LogP contribution is -2.46. The highest BCUT2D eigenvalue weighted by Gasteiger charge is 2.37. The molecule has 39 heavy (non-hydrogen) atoms. The molecule has 2 aliphatic rings. The number of allylic oxidation sites excluding steroid dienone is 1. The van der Waals surface area contributed by atoms with Crippen molar-refractivity contribution in [1.29, 1.82) is 0 Å². The highest BCUT2D eigenvalue weighted by Crippen LogP contribution is 2.38. The van der Waals surface area contributed by atoms with Gasteiger partial charge in [0.2, 0.25) is 5.91 Å². The van der Waals surface area contributed by atoms with Gasteiger partial charge in [0.05, 0.1) is 34.8 Å².